The summed E-state index contributed by atoms with van der Waals surface area (Å²) in [4.78, 5) is 19.7. The summed E-state index contributed by atoms with van der Waals surface area (Å²) in [5, 5.41) is 7.75. The molecule has 3 aromatic rings. The topological polar surface area (TPSA) is 56.6 Å². The number of hydrogen-bond acceptors (Lipinski definition) is 4. The van der Waals surface area contributed by atoms with Crippen LogP contribution in [-0.2, 0) is 6.54 Å². The van der Waals surface area contributed by atoms with Gasteiger partial charge in [0.2, 0.25) is 0 Å². The van der Waals surface area contributed by atoms with Crippen molar-refractivity contribution in [1.29, 1.82) is 0 Å². The van der Waals surface area contributed by atoms with Crippen LogP contribution in [0.1, 0.15) is 24.6 Å². The zero-order valence-corrected chi connectivity index (χ0v) is 20.2. The first kappa shape index (κ1) is 23.8. The third-order valence-corrected chi connectivity index (χ3v) is 6.17. The smallest absolute Gasteiger partial charge is 0.322 e. The van der Waals surface area contributed by atoms with Gasteiger partial charge in [0.25, 0.3) is 0 Å². The van der Waals surface area contributed by atoms with Gasteiger partial charge in [-0.1, -0.05) is 31.2 Å². The summed E-state index contributed by atoms with van der Waals surface area (Å²) in [6.45, 7) is 8.78. The number of rotatable bonds is 7. The van der Waals surface area contributed by atoms with Crippen LogP contribution in [0.2, 0.25) is 0 Å². The van der Waals surface area contributed by atoms with Crippen LogP contribution in [-0.4, -0.2) is 65.4 Å². The molecule has 8 heteroatoms. The molecule has 2 aromatic carbocycles. The van der Waals surface area contributed by atoms with Gasteiger partial charge in [0.15, 0.2) is 0 Å². The number of aryl methyl sites for hydroxylation is 1. The van der Waals surface area contributed by atoms with E-state index in [0.717, 1.165) is 55.4 Å². The van der Waals surface area contributed by atoms with E-state index in [1.165, 1.54) is 12.1 Å². The number of carbonyl (C=O) groups excluding carboxylic acids is 1. The Labute approximate surface area is 200 Å². The first-order valence-electron chi connectivity index (χ1n) is 11.8. The number of hydrogen-bond donors (Lipinski definition) is 1. The van der Waals surface area contributed by atoms with Gasteiger partial charge in [-0.25, -0.2) is 13.9 Å². The summed E-state index contributed by atoms with van der Waals surface area (Å²) >= 11 is 0. The Morgan fingerprint density at radius 3 is 2.50 bits per heavy atom. The summed E-state index contributed by atoms with van der Waals surface area (Å²) in [6, 6.07) is 15.9. The maximum absolute atomic E-state index is 13.6. The van der Waals surface area contributed by atoms with Crippen molar-refractivity contribution in [2.45, 2.75) is 26.8 Å². The fourth-order valence-corrected chi connectivity index (χ4v) is 4.31. The van der Waals surface area contributed by atoms with Crippen molar-refractivity contribution >= 4 is 17.5 Å². The molecule has 1 aliphatic rings. The van der Waals surface area contributed by atoms with E-state index < -0.39 is 0 Å². The molecule has 0 unspecified atom stereocenters. The van der Waals surface area contributed by atoms with Gasteiger partial charge < -0.3 is 20.0 Å². The zero-order chi connectivity index (χ0) is 24.1. The van der Waals surface area contributed by atoms with Gasteiger partial charge in [0.1, 0.15) is 11.6 Å². The lowest BCUT2D eigenvalue weighted by Gasteiger charge is -2.35. The highest BCUT2D eigenvalue weighted by Gasteiger charge is 2.27. The second kappa shape index (κ2) is 10.7. The standard InChI is InChI=1S/C26H33FN6O/c1-4-13-32(26(34)28-22-10-8-9-21(27)18-22)19-24-20(2)29-33(23-11-6-5-7-12-23)25(24)31-16-14-30(3)15-17-31/h5-12,18H,4,13-17,19H2,1-3H3,(H,28,34). The summed E-state index contributed by atoms with van der Waals surface area (Å²) < 4.78 is 15.6. The Hall–Kier alpha value is -3.39. The van der Waals surface area contributed by atoms with Crippen molar-refractivity contribution in [2.24, 2.45) is 0 Å². The summed E-state index contributed by atoms with van der Waals surface area (Å²) in [5.74, 6) is 0.661. The molecule has 0 aliphatic carbocycles. The van der Waals surface area contributed by atoms with Gasteiger partial charge in [0, 0.05) is 44.0 Å². The number of aromatic nitrogens is 2. The second-order valence-electron chi connectivity index (χ2n) is 8.79. The molecule has 180 valence electrons. The van der Waals surface area contributed by atoms with Gasteiger partial charge in [0.05, 0.1) is 17.9 Å². The number of amides is 2. The molecule has 0 spiro atoms. The molecule has 0 radical (unpaired) electrons. The molecule has 1 saturated heterocycles. The number of likely N-dealkylation sites (N-methyl/N-ethyl adjacent to an activating group) is 1. The molecule has 1 aromatic heterocycles. The fourth-order valence-electron chi connectivity index (χ4n) is 4.31. The number of halogens is 1. The lowest BCUT2D eigenvalue weighted by atomic mass is 10.2. The van der Waals surface area contributed by atoms with Crippen molar-refractivity contribution in [2.75, 3.05) is 50.0 Å². The van der Waals surface area contributed by atoms with Gasteiger partial charge in [-0.3, -0.25) is 0 Å². The largest absolute Gasteiger partial charge is 0.354 e. The van der Waals surface area contributed by atoms with Crippen molar-refractivity contribution in [3.05, 3.63) is 71.7 Å². The Morgan fingerprint density at radius 1 is 1.09 bits per heavy atom. The second-order valence-corrected chi connectivity index (χ2v) is 8.79. The number of para-hydroxylation sites is 1. The Balaban J connectivity index is 1.67. The normalized spacial score (nSPS) is 14.3. The molecule has 1 N–H and O–H groups in total. The quantitative estimate of drug-likeness (QED) is 0.559. The van der Waals surface area contributed by atoms with E-state index in [1.54, 1.807) is 17.0 Å². The molecule has 4 rings (SSSR count). The van der Waals surface area contributed by atoms with Gasteiger partial charge >= 0.3 is 6.03 Å². The highest BCUT2D eigenvalue weighted by Crippen LogP contribution is 2.30. The van der Waals surface area contributed by atoms with E-state index in [1.807, 2.05) is 36.7 Å². The fraction of sp³-hybridized carbons (Fsp3) is 0.385. The molecule has 2 heterocycles. The maximum atomic E-state index is 13.6. The minimum atomic E-state index is -0.378. The number of nitrogens with one attached hydrogen (secondary N) is 1. The first-order valence-corrected chi connectivity index (χ1v) is 11.8. The minimum absolute atomic E-state index is 0.247. The lowest BCUT2D eigenvalue weighted by molar-refractivity contribution is 0.209. The third kappa shape index (κ3) is 5.39. The van der Waals surface area contributed by atoms with E-state index in [0.29, 0.717) is 18.8 Å². The van der Waals surface area contributed by atoms with E-state index >= 15 is 0 Å². The SMILES string of the molecule is CCCN(Cc1c(C)nn(-c2ccccc2)c1N1CCN(C)CC1)C(=O)Nc1cccc(F)c1. The number of carbonyl (C=O) groups is 1. The molecule has 0 atom stereocenters. The van der Waals surface area contributed by atoms with Crippen molar-refractivity contribution < 1.29 is 9.18 Å². The van der Waals surface area contributed by atoms with Crippen LogP contribution in [0.5, 0.6) is 0 Å². The molecule has 2 amide bonds. The van der Waals surface area contributed by atoms with Crippen LogP contribution in [0.25, 0.3) is 5.69 Å². The van der Waals surface area contributed by atoms with E-state index in [9.17, 15) is 9.18 Å². The van der Waals surface area contributed by atoms with E-state index in [4.69, 9.17) is 5.10 Å². The first-order chi connectivity index (χ1) is 16.5. The zero-order valence-electron chi connectivity index (χ0n) is 20.2. The number of piperazine rings is 1. The molecular weight excluding hydrogens is 431 g/mol. The number of nitrogens with zero attached hydrogens (tertiary/aromatic N) is 5. The molecular formula is C26H33FN6O. The summed E-state index contributed by atoms with van der Waals surface area (Å²) in [7, 11) is 2.14. The Morgan fingerprint density at radius 2 is 1.82 bits per heavy atom. The molecule has 0 saturated carbocycles. The maximum Gasteiger partial charge on any atom is 0.322 e. The van der Waals surface area contributed by atoms with Crippen LogP contribution in [0, 0.1) is 12.7 Å². The van der Waals surface area contributed by atoms with E-state index in [2.05, 4.69) is 34.3 Å². The minimum Gasteiger partial charge on any atom is -0.354 e. The predicted octanol–water partition coefficient (Wildman–Crippen LogP) is 4.52. The van der Waals surface area contributed by atoms with Crippen LogP contribution >= 0.6 is 0 Å². The Bertz CT molecular complexity index is 1110. The van der Waals surface area contributed by atoms with Crippen molar-refractivity contribution in [3.63, 3.8) is 0 Å². The molecule has 1 aliphatic heterocycles. The molecule has 7 nitrogen and oxygen atoms in total. The number of benzene rings is 2. The van der Waals surface area contributed by atoms with Gasteiger partial charge in [-0.15, -0.1) is 0 Å². The summed E-state index contributed by atoms with van der Waals surface area (Å²) in [6.07, 6.45) is 0.812. The highest BCUT2D eigenvalue weighted by molar-refractivity contribution is 5.89. The Kier molecular flexibility index (Phi) is 7.47. The molecule has 34 heavy (non-hydrogen) atoms. The van der Waals surface area contributed by atoms with Crippen LogP contribution < -0.4 is 10.2 Å². The number of urea groups is 1. The van der Waals surface area contributed by atoms with Crippen LogP contribution in [0.4, 0.5) is 20.7 Å². The number of anilines is 2. The highest BCUT2D eigenvalue weighted by atomic mass is 19.1. The van der Waals surface area contributed by atoms with Crippen LogP contribution in [0.3, 0.4) is 0 Å². The van der Waals surface area contributed by atoms with E-state index in [-0.39, 0.29) is 11.8 Å². The average Bonchev–Trinajstić information content (AvgIpc) is 3.16. The molecule has 1 fully saturated rings. The van der Waals surface area contributed by atoms with Crippen molar-refractivity contribution in [3.8, 4) is 5.69 Å². The van der Waals surface area contributed by atoms with Gasteiger partial charge in [-0.05, 0) is 50.7 Å². The van der Waals surface area contributed by atoms with Crippen molar-refractivity contribution in [1.82, 2.24) is 19.6 Å². The van der Waals surface area contributed by atoms with Crippen LogP contribution in [0.15, 0.2) is 54.6 Å². The monoisotopic (exact) mass is 464 g/mol. The average molecular weight is 465 g/mol. The predicted molar refractivity (Wildman–Crippen MR) is 134 cm³/mol. The lowest BCUT2D eigenvalue weighted by Crippen LogP contribution is -2.45. The van der Waals surface area contributed by atoms with Gasteiger partial charge in [-0.2, -0.15) is 5.10 Å². The third-order valence-electron chi connectivity index (χ3n) is 6.17. The summed E-state index contributed by atoms with van der Waals surface area (Å²) in [5.41, 5.74) is 3.38. The molecule has 0 bridgehead atoms.